The van der Waals surface area contributed by atoms with E-state index in [0.717, 1.165) is 37.1 Å². The van der Waals surface area contributed by atoms with Gasteiger partial charge in [-0.15, -0.1) is 0 Å². The molecule has 3 nitrogen and oxygen atoms in total. The van der Waals surface area contributed by atoms with Crippen molar-refractivity contribution in [1.82, 2.24) is 5.32 Å². The second-order valence-electron chi connectivity index (χ2n) is 3.94. The molecule has 0 aliphatic carbocycles. The average molecular weight is 207 g/mol. The van der Waals surface area contributed by atoms with E-state index in [9.17, 15) is 5.11 Å². The van der Waals surface area contributed by atoms with Crippen molar-refractivity contribution in [2.75, 3.05) is 13.6 Å². The minimum Gasteiger partial charge on any atom is -0.508 e. The van der Waals surface area contributed by atoms with Gasteiger partial charge in [-0.3, -0.25) is 0 Å². The largest absolute Gasteiger partial charge is 0.508 e. The lowest BCUT2D eigenvalue weighted by atomic mass is 10.1. The maximum Gasteiger partial charge on any atom is 0.126 e. The molecule has 0 fully saturated rings. The van der Waals surface area contributed by atoms with Gasteiger partial charge in [-0.2, -0.15) is 0 Å². The van der Waals surface area contributed by atoms with Crippen LogP contribution in [0, 0.1) is 0 Å². The van der Waals surface area contributed by atoms with E-state index < -0.39 is 0 Å². The van der Waals surface area contributed by atoms with Crippen LogP contribution >= 0.6 is 0 Å². The molecule has 0 amide bonds. The molecule has 2 rings (SSSR count). The van der Waals surface area contributed by atoms with Crippen LogP contribution in [-0.2, 0) is 6.42 Å². The number of phenols is 1. The highest BCUT2D eigenvalue weighted by Crippen LogP contribution is 2.36. The molecule has 1 aliphatic rings. The molecule has 0 saturated heterocycles. The Bertz CT molecular complexity index is 338. The van der Waals surface area contributed by atoms with Crippen molar-refractivity contribution in [2.24, 2.45) is 0 Å². The Kier molecular flexibility index (Phi) is 3.11. The summed E-state index contributed by atoms with van der Waals surface area (Å²) in [6.45, 7) is 1.02. The van der Waals surface area contributed by atoms with E-state index >= 15 is 0 Å². The molecular formula is C12H17NO2. The van der Waals surface area contributed by atoms with Gasteiger partial charge in [0, 0.05) is 12.0 Å². The van der Waals surface area contributed by atoms with Crippen LogP contribution < -0.4 is 10.1 Å². The van der Waals surface area contributed by atoms with Crippen LogP contribution in [0.5, 0.6) is 11.5 Å². The van der Waals surface area contributed by atoms with Gasteiger partial charge in [-0.05, 0) is 38.6 Å². The molecule has 2 N–H and O–H groups in total. The molecule has 0 bridgehead atoms. The van der Waals surface area contributed by atoms with Crippen LogP contribution in [0.25, 0.3) is 0 Å². The summed E-state index contributed by atoms with van der Waals surface area (Å²) in [7, 11) is 1.95. The highest BCUT2D eigenvalue weighted by Gasteiger charge is 2.24. The summed E-state index contributed by atoms with van der Waals surface area (Å²) in [6, 6.07) is 5.47. The van der Waals surface area contributed by atoms with E-state index in [0.29, 0.717) is 5.75 Å². The molecule has 3 heteroatoms. The molecule has 0 saturated carbocycles. The molecule has 0 aromatic heterocycles. The number of phenolic OH excluding ortho intramolecular Hbond substituents is 1. The molecule has 0 radical (unpaired) electrons. The molecule has 1 atom stereocenters. The first-order valence-electron chi connectivity index (χ1n) is 5.43. The predicted molar refractivity (Wildman–Crippen MR) is 59.4 cm³/mol. The van der Waals surface area contributed by atoms with Crippen LogP contribution in [0.3, 0.4) is 0 Å². The Hall–Kier alpha value is -1.22. The molecule has 1 heterocycles. The molecule has 1 aliphatic heterocycles. The summed E-state index contributed by atoms with van der Waals surface area (Å²) in [4.78, 5) is 0. The van der Waals surface area contributed by atoms with Crippen LogP contribution in [0.2, 0.25) is 0 Å². The Labute approximate surface area is 90.1 Å². The Morgan fingerprint density at radius 2 is 2.40 bits per heavy atom. The number of fused-ring (bicyclic) bond motifs is 1. The monoisotopic (exact) mass is 207 g/mol. The smallest absolute Gasteiger partial charge is 0.126 e. The molecule has 15 heavy (non-hydrogen) atoms. The fraction of sp³-hybridized carbons (Fsp3) is 0.500. The van der Waals surface area contributed by atoms with E-state index in [1.807, 2.05) is 19.2 Å². The first-order valence-corrected chi connectivity index (χ1v) is 5.43. The summed E-state index contributed by atoms with van der Waals surface area (Å²) in [5.41, 5.74) is 0.965. The first-order chi connectivity index (χ1) is 7.31. The zero-order valence-corrected chi connectivity index (χ0v) is 8.99. The van der Waals surface area contributed by atoms with Gasteiger partial charge in [0.25, 0.3) is 0 Å². The Morgan fingerprint density at radius 1 is 1.53 bits per heavy atom. The van der Waals surface area contributed by atoms with Gasteiger partial charge in [0.1, 0.15) is 17.6 Å². The zero-order valence-electron chi connectivity index (χ0n) is 8.99. The van der Waals surface area contributed by atoms with E-state index in [4.69, 9.17) is 4.74 Å². The molecule has 0 spiro atoms. The van der Waals surface area contributed by atoms with Crippen molar-refractivity contribution in [3.05, 3.63) is 23.8 Å². The van der Waals surface area contributed by atoms with Gasteiger partial charge < -0.3 is 15.2 Å². The lowest BCUT2D eigenvalue weighted by molar-refractivity contribution is 0.218. The van der Waals surface area contributed by atoms with Gasteiger partial charge in [0.2, 0.25) is 0 Å². The molecule has 1 unspecified atom stereocenters. The third-order valence-electron chi connectivity index (χ3n) is 2.79. The van der Waals surface area contributed by atoms with Crippen molar-refractivity contribution in [1.29, 1.82) is 0 Å². The van der Waals surface area contributed by atoms with Crippen molar-refractivity contribution < 1.29 is 9.84 Å². The topological polar surface area (TPSA) is 41.5 Å². The number of hydrogen-bond donors (Lipinski definition) is 2. The van der Waals surface area contributed by atoms with Crippen LogP contribution in [0.4, 0.5) is 0 Å². The normalized spacial score (nSPS) is 18.6. The number of nitrogens with one attached hydrogen (secondary N) is 1. The van der Waals surface area contributed by atoms with E-state index in [1.165, 1.54) is 0 Å². The highest BCUT2D eigenvalue weighted by molar-refractivity contribution is 5.46. The third kappa shape index (κ3) is 2.23. The van der Waals surface area contributed by atoms with E-state index in [2.05, 4.69) is 5.32 Å². The van der Waals surface area contributed by atoms with Crippen LogP contribution in [0.15, 0.2) is 18.2 Å². The average Bonchev–Trinajstić information content (AvgIpc) is 2.63. The van der Waals surface area contributed by atoms with Gasteiger partial charge in [0.15, 0.2) is 0 Å². The van der Waals surface area contributed by atoms with Crippen LogP contribution in [-0.4, -0.2) is 24.8 Å². The minimum atomic E-state index is 0.238. The predicted octanol–water partition coefficient (Wildman–Crippen LogP) is 1.70. The first kappa shape index (κ1) is 10.3. The zero-order chi connectivity index (χ0) is 10.7. The summed E-state index contributed by atoms with van der Waals surface area (Å²) in [5, 5.41) is 12.7. The standard InChI is InChI=1S/C12H17NO2/c1-13-7-3-4-9-8-10-11(14)5-2-6-12(10)15-9/h2,5-6,9,13-14H,3-4,7-8H2,1H3. The summed E-state index contributed by atoms with van der Waals surface area (Å²) < 4.78 is 5.75. The molecule has 82 valence electrons. The summed E-state index contributed by atoms with van der Waals surface area (Å²) >= 11 is 0. The fourth-order valence-electron chi connectivity index (χ4n) is 1.99. The van der Waals surface area contributed by atoms with Crippen LogP contribution in [0.1, 0.15) is 18.4 Å². The number of aromatic hydroxyl groups is 1. The minimum absolute atomic E-state index is 0.238. The van der Waals surface area contributed by atoms with E-state index in [-0.39, 0.29) is 6.10 Å². The number of benzene rings is 1. The number of hydrogen-bond acceptors (Lipinski definition) is 3. The molecular weight excluding hydrogens is 190 g/mol. The third-order valence-corrected chi connectivity index (χ3v) is 2.79. The molecule has 1 aromatic carbocycles. The van der Waals surface area contributed by atoms with E-state index in [1.54, 1.807) is 6.07 Å². The van der Waals surface area contributed by atoms with Gasteiger partial charge >= 0.3 is 0 Å². The second-order valence-corrected chi connectivity index (χ2v) is 3.94. The van der Waals surface area contributed by atoms with Gasteiger partial charge in [-0.1, -0.05) is 6.07 Å². The summed E-state index contributed by atoms with van der Waals surface area (Å²) in [6.07, 6.45) is 3.22. The van der Waals surface area contributed by atoms with Crippen molar-refractivity contribution in [3.8, 4) is 11.5 Å². The van der Waals surface area contributed by atoms with Crippen molar-refractivity contribution in [2.45, 2.75) is 25.4 Å². The Morgan fingerprint density at radius 3 is 3.13 bits per heavy atom. The lowest BCUT2D eigenvalue weighted by Crippen LogP contribution is -2.16. The quantitative estimate of drug-likeness (QED) is 0.738. The fourth-order valence-corrected chi connectivity index (χ4v) is 1.99. The van der Waals surface area contributed by atoms with Crippen molar-refractivity contribution in [3.63, 3.8) is 0 Å². The van der Waals surface area contributed by atoms with Gasteiger partial charge in [-0.25, -0.2) is 0 Å². The highest BCUT2D eigenvalue weighted by atomic mass is 16.5. The SMILES string of the molecule is CNCCCC1Cc2c(O)cccc2O1. The Balaban J connectivity index is 1.94. The maximum atomic E-state index is 9.63. The van der Waals surface area contributed by atoms with Crippen molar-refractivity contribution >= 4 is 0 Å². The lowest BCUT2D eigenvalue weighted by Gasteiger charge is -2.09. The number of rotatable bonds is 4. The number of ether oxygens (including phenoxy) is 1. The molecule has 1 aromatic rings. The second kappa shape index (κ2) is 4.53. The van der Waals surface area contributed by atoms with Gasteiger partial charge in [0.05, 0.1) is 0 Å². The maximum absolute atomic E-state index is 9.63. The summed E-state index contributed by atoms with van der Waals surface area (Å²) in [5.74, 6) is 1.22.